The summed E-state index contributed by atoms with van der Waals surface area (Å²) in [4.78, 5) is 16.9. The maximum atomic E-state index is 12.4. The van der Waals surface area contributed by atoms with E-state index in [9.17, 15) is 4.79 Å². The summed E-state index contributed by atoms with van der Waals surface area (Å²) in [6, 6.07) is 17.5. The van der Waals surface area contributed by atoms with E-state index in [4.69, 9.17) is 16.3 Å². The fourth-order valence-electron chi connectivity index (χ4n) is 3.67. The van der Waals surface area contributed by atoms with Gasteiger partial charge in [-0.1, -0.05) is 35.5 Å². The number of halogens is 1. The van der Waals surface area contributed by atoms with Gasteiger partial charge in [0, 0.05) is 36.9 Å². The molecule has 0 spiro atoms. The van der Waals surface area contributed by atoms with Crippen LogP contribution >= 0.6 is 23.4 Å². The van der Waals surface area contributed by atoms with E-state index in [0.717, 1.165) is 48.3 Å². The Morgan fingerprint density at radius 3 is 2.55 bits per heavy atom. The number of carbonyl (C=O) groups excluding carboxylic acids is 1. The molecule has 1 aromatic heterocycles. The van der Waals surface area contributed by atoms with Gasteiger partial charge in [0.05, 0.1) is 18.6 Å². The van der Waals surface area contributed by atoms with E-state index in [-0.39, 0.29) is 11.7 Å². The number of piperazine rings is 1. The molecule has 1 amide bonds. The molecule has 0 atom stereocenters. The number of rotatable bonds is 7. The summed E-state index contributed by atoms with van der Waals surface area (Å²) in [5.74, 6) is 1.60. The van der Waals surface area contributed by atoms with Crippen molar-refractivity contribution in [2.75, 3.05) is 54.2 Å². The normalized spacial score (nSPS) is 13.7. The highest BCUT2D eigenvalue weighted by molar-refractivity contribution is 7.99. The lowest BCUT2D eigenvalue weighted by atomic mass is 10.2. The Morgan fingerprint density at radius 2 is 1.85 bits per heavy atom. The first kappa shape index (κ1) is 23.2. The van der Waals surface area contributed by atoms with Crippen molar-refractivity contribution in [3.8, 4) is 5.75 Å². The molecule has 1 aliphatic heterocycles. The number of aromatic nitrogens is 2. The van der Waals surface area contributed by atoms with Crippen LogP contribution in [0.1, 0.15) is 5.56 Å². The van der Waals surface area contributed by atoms with Gasteiger partial charge < -0.3 is 19.9 Å². The number of nitrogens with one attached hydrogen (secondary N) is 1. The Labute approximate surface area is 203 Å². The van der Waals surface area contributed by atoms with Crippen molar-refractivity contribution in [2.45, 2.75) is 11.9 Å². The molecule has 2 heterocycles. The third kappa shape index (κ3) is 6.09. The van der Waals surface area contributed by atoms with Gasteiger partial charge in [-0.15, -0.1) is 10.2 Å². The van der Waals surface area contributed by atoms with Gasteiger partial charge in [-0.2, -0.15) is 0 Å². The highest BCUT2D eigenvalue weighted by Gasteiger charge is 2.19. The van der Waals surface area contributed by atoms with Gasteiger partial charge >= 0.3 is 0 Å². The molecule has 7 nitrogen and oxygen atoms in total. The van der Waals surface area contributed by atoms with Crippen molar-refractivity contribution in [2.24, 2.45) is 0 Å². The van der Waals surface area contributed by atoms with E-state index < -0.39 is 0 Å². The van der Waals surface area contributed by atoms with Crippen LogP contribution in [0.5, 0.6) is 5.75 Å². The second-order valence-electron chi connectivity index (χ2n) is 7.72. The standard InChI is InChI=1S/C24H26ClN5O2S/c1-17-6-7-21(32-2)20(14-17)26-23(31)16-33-24-9-8-22(27-28-24)30-12-10-29(11-13-30)19-5-3-4-18(25)15-19/h3-9,14-15H,10-13,16H2,1-2H3,(H,26,31). The molecule has 0 bridgehead atoms. The fraction of sp³-hybridized carbons (Fsp3) is 0.292. The molecule has 1 aliphatic rings. The minimum absolute atomic E-state index is 0.119. The number of hydrogen-bond donors (Lipinski definition) is 1. The number of aryl methyl sites for hydroxylation is 1. The number of anilines is 3. The van der Waals surface area contributed by atoms with Crippen molar-refractivity contribution < 1.29 is 9.53 Å². The van der Waals surface area contributed by atoms with Crippen molar-refractivity contribution >= 4 is 46.5 Å². The summed E-state index contributed by atoms with van der Waals surface area (Å²) in [6.07, 6.45) is 0. The highest BCUT2D eigenvalue weighted by atomic mass is 35.5. The third-order valence-corrected chi connectivity index (χ3v) is 6.54. The molecule has 1 saturated heterocycles. The number of methoxy groups -OCH3 is 1. The highest BCUT2D eigenvalue weighted by Crippen LogP contribution is 2.26. The Hall–Kier alpha value is -2.97. The summed E-state index contributed by atoms with van der Waals surface area (Å²) in [5, 5.41) is 13.0. The number of amides is 1. The molecule has 0 radical (unpaired) electrons. The van der Waals surface area contributed by atoms with E-state index in [2.05, 4.69) is 31.4 Å². The van der Waals surface area contributed by atoms with Gasteiger partial charge in [-0.05, 0) is 55.0 Å². The Kier molecular flexibility index (Phi) is 7.57. The number of carbonyl (C=O) groups is 1. The number of benzene rings is 2. The van der Waals surface area contributed by atoms with E-state index in [1.165, 1.54) is 11.8 Å². The lowest BCUT2D eigenvalue weighted by Crippen LogP contribution is -2.46. The van der Waals surface area contributed by atoms with Crippen LogP contribution in [0.25, 0.3) is 0 Å². The Balaban J connectivity index is 1.27. The SMILES string of the molecule is COc1ccc(C)cc1NC(=O)CSc1ccc(N2CCN(c3cccc(Cl)c3)CC2)nn1. The molecule has 33 heavy (non-hydrogen) atoms. The summed E-state index contributed by atoms with van der Waals surface area (Å²) in [5.41, 5.74) is 2.86. The predicted octanol–water partition coefficient (Wildman–Crippen LogP) is 4.50. The van der Waals surface area contributed by atoms with Crippen LogP contribution < -0.4 is 19.9 Å². The zero-order valence-corrected chi connectivity index (χ0v) is 20.2. The summed E-state index contributed by atoms with van der Waals surface area (Å²) in [6.45, 7) is 5.46. The largest absolute Gasteiger partial charge is 0.495 e. The summed E-state index contributed by atoms with van der Waals surface area (Å²) in [7, 11) is 1.59. The van der Waals surface area contributed by atoms with Crippen LogP contribution in [-0.4, -0.2) is 55.1 Å². The topological polar surface area (TPSA) is 70.6 Å². The lowest BCUT2D eigenvalue weighted by molar-refractivity contribution is -0.113. The van der Waals surface area contributed by atoms with Crippen LogP contribution in [0.4, 0.5) is 17.2 Å². The van der Waals surface area contributed by atoms with Gasteiger partial charge in [0.15, 0.2) is 5.82 Å². The first-order valence-corrected chi connectivity index (χ1v) is 12.0. The maximum absolute atomic E-state index is 12.4. The molecule has 9 heteroatoms. The Bertz CT molecular complexity index is 1100. The van der Waals surface area contributed by atoms with E-state index >= 15 is 0 Å². The van der Waals surface area contributed by atoms with Gasteiger partial charge in [0.2, 0.25) is 5.91 Å². The monoisotopic (exact) mass is 483 g/mol. The van der Waals surface area contributed by atoms with Crippen molar-refractivity contribution in [1.29, 1.82) is 0 Å². The maximum Gasteiger partial charge on any atom is 0.234 e. The Morgan fingerprint density at radius 1 is 1.06 bits per heavy atom. The smallest absolute Gasteiger partial charge is 0.234 e. The minimum atomic E-state index is -0.119. The first-order chi connectivity index (χ1) is 16.0. The molecule has 172 valence electrons. The van der Waals surface area contributed by atoms with E-state index in [1.807, 2.05) is 55.5 Å². The zero-order chi connectivity index (χ0) is 23.2. The number of ether oxygens (including phenoxy) is 1. The third-order valence-electron chi connectivity index (χ3n) is 5.38. The van der Waals surface area contributed by atoms with Gasteiger partial charge in [0.25, 0.3) is 0 Å². The van der Waals surface area contributed by atoms with Gasteiger partial charge in [0.1, 0.15) is 10.8 Å². The quantitative estimate of drug-likeness (QED) is 0.496. The van der Waals surface area contributed by atoms with Crippen LogP contribution in [0.15, 0.2) is 59.6 Å². The minimum Gasteiger partial charge on any atom is -0.495 e. The predicted molar refractivity (Wildman–Crippen MR) is 135 cm³/mol. The molecule has 0 aliphatic carbocycles. The average Bonchev–Trinajstić information content (AvgIpc) is 2.83. The van der Waals surface area contributed by atoms with Gasteiger partial charge in [-0.25, -0.2) is 0 Å². The van der Waals surface area contributed by atoms with E-state index in [1.54, 1.807) is 7.11 Å². The van der Waals surface area contributed by atoms with Gasteiger partial charge in [-0.3, -0.25) is 4.79 Å². The fourth-order valence-corrected chi connectivity index (χ4v) is 4.47. The second-order valence-corrected chi connectivity index (χ2v) is 9.16. The van der Waals surface area contributed by atoms with Crippen LogP contribution in [0.2, 0.25) is 5.02 Å². The first-order valence-electron chi connectivity index (χ1n) is 10.7. The average molecular weight is 484 g/mol. The molecule has 2 aromatic carbocycles. The van der Waals surface area contributed by atoms with Crippen molar-refractivity contribution in [3.63, 3.8) is 0 Å². The molecule has 1 N–H and O–H groups in total. The zero-order valence-electron chi connectivity index (χ0n) is 18.6. The number of thioether (sulfide) groups is 1. The molecular formula is C24H26ClN5O2S. The van der Waals surface area contributed by atoms with Crippen molar-refractivity contribution in [3.05, 3.63) is 65.2 Å². The molecule has 0 saturated carbocycles. The molecule has 3 aromatic rings. The van der Waals surface area contributed by atoms with Crippen molar-refractivity contribution in [1.82, 2.24) is 10.2 Å². The molecule has 1 fully saturated rings. The lowest BCUT2D eigenvalue weighted by Gasteiger charge is -2.36. The summed E-state index contributed by atoms with van der Waals surface area (Å²) >= 11 is 7.48. The molecular weight excluding hydrogens is 458 g/mol. The molecule has 4 rings (SSSR count). The number of hydrogen-bond acceptors (Lipinski definition) is 7. The summed E-state index contributed by atoms with van der Waals surface area (Å²) < 4.78 is 5.31. The second kappa shape index (κ2) is 10.8. The number of nitrogens with zero attached hydrogens (tertiary/aromatic N) is 4. The van der Waals surface area contributed by atoms with E-state index in [0.29, 0.717) is 16.5 Å². The molecule has 0 unspecified atom stereocenters. The van der Waals surface area contributed by atoms with Crippen LogP contribution in [0, 0.1) is 6.92 Å². The van der Waals surface area contributed by atoms with Crippen LogP contribution in [-0.2, 0) is 4.79 Å². The van der Waals surface area contributed by atoms with Crippen LogP contribution in [0.3, 0.4) is 0 Å².